The number of amides is 2. The van der Waals surface area contributed by atoms with Crippen LogP contribution in [-0.2, 0) is 16.0 Å². The fraction of sp³-hybridized carbons (Fsp3) is 0.333. The van der Waals surface area contributed by atoms with Crippen molar-refractivity contribution in [3.63, 3.8) is 0 Å². The first-order valence-electron chi connectivity index (χ1n) is 5.26. The Bertz CT molecular complexity index is 403. The molecule has 0 aliphatic carbocycles. The van der Waals surface area contributed by atoms with Gasteiger partial charge in [0, 0.05) is 13.5 Å². The summed E-state index contributed by atoms with van der Waals surface area (Å²) in [6, 6.07) is 9.32. The topological polar surface area (TPSA) is 49.4 Å². The van der Waals surface area contributed by atoms with Crippen molar-refractivity contribution in [3.05, 3.63) is 35.9 Å². The normalized spacial score (nSPS) is 20.8. The molecule has 2 rings (SSSR count). The van der Waals surface area contributed by atoms with Crippen LogP contribution in [-0.4, -0.2) is 36.3 Å². The Morgan fingerprint density at radius 1 is 1.31 bits per heavy atom. The van der Waals surface area contributed by atoms with Crippen molar-refractivity contribution >= 4 is 11.8 Å². The minimum atomic E-state index is -0.386. The van der Waals surface area contributed by atoms with Gasteiger partial charge < -0.3 is 10.2 Å². The zero-order chi connectivity index (χ0) is 11.5. The number of nitrogens with zero attached hydrogens (tertiary/aromatic N) is 1. The van der Waals surface area contributed by atoms with E-state index in [0.717, 1.165) is 5.56 Å². The SMILES string of the molecule is CN1C(=O)CNC(=O)[C@@H]1Cc1ccccc1. The number of hydrogen-bond donors (Lipinski definition) is 1. The summed E-state index contributed by atoms with van der Waals surface area (Å²) < 4.78 is 0. The fourth-order valence-electron chi connectivity index (χ4n) is 1.82. The first-order chi connectivity index (χ1) is 7.68. The van der Waals surface area contributed by atoms with Gasteiger partial charge in [-0.1, -0.05) is 30.3 Å². The molecule has 0 unspecified atom stereocenters. The van der Waals surface area contributed by atoms with Crippen molar-refractivity contribution in [2.75, 3.05) is 13.6 Å². The van der Waals surface area contributed by atoms with Crippen LogP contribution >= 0.6 is 0 Å². The monoisotopic (exact) mass is 218 g/mol. The quantitative estimate of drug-likeness (QED) is 0.770. The maximum Gasteiger partial charge on any atom is 0.243 e. The summed E-state index contributed by atoms with van der Waals surface area (Å²) in [5, 5.41) is 2.60. The van der Waals surface area contributed by atoms with Crippen molar-refractivity contribution < 1.29 is 9.59 Å². The van der Waals surface area contributed by atoms with Crippen LogP contribution in [0.3, 0.4) is 0 Å². The van der Waals surface area contributed by atoms with Crippen LogP contribution < -0.4 is 5.32 Å². The highest BCUT2D eigenvalue weighted by atomic mass is 16.2. The van der Waals surface area contributed by atoms with Gasteiger partial charge in [0.2, 0.25) is 11.8 Å². The molecule has 1 aromatic rings. The van der Waals surface area contributed by atoms with Crippen LogP contribution in [0.2, 0.25) is 0 Å². The third-order valence-electron chi connectivity index (χ3n) is 2.85. The van der Waals surface area contributed by atoms with Gasteiger partial charge in [0.15, 0.2) is 0 Å². The van der Waals surface area contributed by atoms with E-state index < -0.39 is 0 Å². The lowest BCUT2D eigenvalue weighted by molar-refractivity contribution is -0.143. The lowest BCUT2D eigenvalue weighted by Crippen LogP contribution is -2.57. The van der Waals surface area contributed by atoms with Crippen LogP contribution in [0.5, 0.6) is 0 Å². The van der Waals surface area contributed by atoms with Gasteiger partial charge in [-0.25, -0.2) is 0 Å². The van der Waals surface area contributed by atoms with Crippen molar-refractivity contribution in [3.8, 4) is 0 Å². The third-order valence-corrected chi connectivity index (χ3v) is 2.85. The molecule has 4 heteroatoms. The smallest absolute Gasteiger partial charge is 0.243 e. The third kappa shape index (κ3) is 2.05. The van der Waals surface area contributed by atoms with E-state index >= 15 is 0 Å². The van der Waals surface area contributed by atoms with Crippen molar-refractivity contribution in [1.82, 2.24) is 10.2 Å². The van der Waals surface area contributed by atoms with E-state index in [4.69, 9.17) is 0 Å². The van der Waals surface area contributed by atoms with E-state index in [9.17, 15) is 9.59 Å². The minimum Gasteiger partial charge on any atom is -0.345 e. The van der Waals surface area contributed by atoms with E-state index in [-0.39, 0.29) is 24.4 Å². The summed E-state index contributed by atoms with van der Waals surface area (Å²) in [6.07, 6.45) is 0.564. The molecular formula is C12H14N2O2. The Kier molecular flexibility index (Phi) is 2.90. The van der Waals surface area contributed by atoms with Gasteiger partial charge in [0.1, 0.15) is 6.04 Å². The molecular weight excluding hydrogens is 204 g/mol. The molecule has 0 aromatic heterocycles. The molecule has 16 heavy (non-hydrogen) atoms. The van der Waals surface area contributed by atoms with Crippen LogP contribution in [0.4, 0.5) is 0 Å². The molecule has 0 radical (unpaired) electrons. The number of hydrogen-bond acceptors (Lipinski definition) is 2. The van der Waals surface area contributed by atoms with Gasteiger partial charge in [0.25, 0.3) is 0 Å². The Labute approximate surface area is 94.2 Å². The minimum absolute atomic E-state index is 0.0412. The van der Waals surface area contributed by atoms with Crippen molar-refractivity contribution in [2.45, 2.75) is 12.5 Å². The van der Waals surface area contributed by atoms with E-state index in [0.29, 0.717) is 6.42 Å². The molecule has 1 aromatic carbocycles. The summed E-state index contributed by atoms with van der Waals surface area (Å²) in [4.78, 5) is 24.6. The highest BCUT2D eigenvalue weighted by Crippen LogP contribution is 2.10. The molecule has 1 saturated heterocycles. The number of piperazine rings is 1. The van der Waals surface area contributed by atoms with Crippen LogP contribution in [0.15, 0.2) is 30.3 Å². The average molecular weight is 218 g/mol. The Morgan fingerprint density at radius 2 is 2.00 bits per heavy atom. The van der Waals surface area contributed by atoms with Crippen LogP contribution in [0.25, 0.3) is 0 Å². The second-order valence-corrected chi connectivity index (χ2v) is 3.93. The van der Waals surface area contributed by atoms with Crippen LogP contribution in [0, 0.1) is 0 Å². The first kappa shape index (κ1) is 10.7. The molecule has 1 aliphatic rings. The highest BCUT2D eigenvalue weighted by Gasteiger charge is 2.31. The number of carbonyl (C=O) groups excluding carboxylic acids is 2. The Balaban J connectivity index is 2.13. The Hall–Kier alpha value is -1.84. The molecule has 0 bridgehead atoms. The zero-order valence-corrected chi connectivity index (χ0v) is 9.14. The standard InChI is InChI=1S/C12H14N2O2/c1-14-10(12(16)13-8-11(14)15)7-9-5-3-2-4-6-9/h2-6,10H,7-8H2,1H3,(H,13,16)/t10-/m0/s1. The fourth-order valence-corrected chi connectivity index (χ4v) is 1.82. The average Bonchev–Trinajstić information content (AvgIpc) is 2.31. The van der Waals surface area contributed by atoms with Crippen molar-refractivity contribution in [2.24, 2.45) is 0 Å². The largest absolute Gasteiger partial charge is 0.345 e. The number of rotatable bonds is 2. The number of benzene rings is 1. The molecule has 1 fully saturated rings. The summed E-state index contributed by atoms with van der Waals surface area (Å²) >= 11 is 0. The molecule has 0 saturated carbocycles. The molecule has 1 N–H and O–H groups in total. The van der Waals surface area contributed by atoms with Gasteiger partial charge in [-0.2, -0.15) is 0 Å². The van der Waals surface area contributed by atoms with E-state index in [1.165, 1.54) is 4.90 Å². The van der Waals surface area contributed by atoms with Gasteiger partial charge in [-0.05, 0) is 5.56 Å². The highest BCUT2D eigenvalue weighted by molar-refractivity contribution is 5.94. The van der Waals surface area contributed by atoms with Gasteiger partial charge in [-0.15, -0.1) is 0 Å². The summed E-state index contributed by atoms with van der Waals surface area (Å²) in [5.74, 6) is -0.119. The Morgan fingerprint density at radius 3 is 2.69 bits per heavy atom. The summed E-state index contributed by atoms with van der Waals surface area (Å²) in [5.41, 5.74) is 1.06. The molecule has 1 aliphatic heterocycles. The first-order valence-corrected chi connectivity index (χ1v) is 5.26. The lowest BCUT2D eigenvalue weighted by Gasteiger charge is -2.31. The van der Waals surface area contributed by atoms with Gasteiger partial charge >= 0.3 is 0 Å². The second-order valence-electron chi connectivity index (χ2n) is 3.93. The van der Waals surface area contributed by atoms with E-state index in [1.807, 2.05) is 30.3 Å². The van der Waals surface area contributed by atoms with Gasteiger partial charge in [0.05, 0.1) is 6.54 Å². The molecule has 2 amide bonds. The predicted molar refractivity (Wildman–Crippen MR) is 59.7 cm³/mol. The molecule has 4 nitrogen and oxygen atoms in total. The van der Waals surface area contributed by atoms with E-state index in [1.54, 1.807) is 7.05 Å². The second kappa shape index (κ2) is 4.35. The molecule has 1 heterocycles. The van der Waals surface area contributed by atoms with Gasteiger partial charge in [-0.3, -0.25) is 9.59 Å². The number of nitrogens with one attached hydrogen (secondary N) is 1. The molecule has 0 spiro atoms. The van der Waals surface area contributed by atoms with E-state index in [2.05, 4.69) is 5.32 Å². The molecule has 1 atom stereocenters. The maximum atomic E-state index is 11.6. The zero-order valence-electron chi connectivity index (χ0n) is 9.14. The van der Waals surface area contributed by atoms with Crippen molar-refractivity contribution in [1.29, 1.82) is 0 Å². The molecule has 84 valence electrons. The summed E-state index contributed by atoms with van der Waals surface area (Å²) in [6.45, 7) is 0.112. The van der Waals surface area contributed by atoms with Crippen LogP contribution in [0.1, 0.15) is 5.56 Å². The number of carbonyl (C=O) groups is 2. The predicted octanol–water partition coefficient (Wildman–Crippen LogP) is 0.186. The summed E-state index contributed by atoms with van der Waals surface area (Å²) in [7, 11) is 1.68. The maximum absolute atomic E-state index is 11.6. The lowest BCUT2D eigenvalue weighted by atomic mass is 10.0. The number of likely N-dealkylation sites (N-methyl/N-ethyl adjacent to an activating group) is 1.